The molecule has 9 nitrogen and oxygen atoms in total. The Labute approximate surface area is 221 Å². The number of anilines is 2. The van der Waals surface area contributed by atoms with Crippen LogP contribution in [0.4, 0.5) is 11.4 Å². The van der Waals surface area contributed by atoms with E-state index >= 15 is 0 Å². The zero-order valence-corrected chi connectivity index (χ0v) is 22.2. The SMILES string of the molecule is CC1(COc2c(N3CCN(S(=O)(=O)Cc4ccc(N)cc4)CC3)cnn(-c3cccc(Cl)c3)c2=O)CC1. The van der Waals surface area contributed by atoms with Crippen molar-refractivity contribution in [1.82, 2.24) is 14.1 Å². The van der Waals surface area contributed by atoms with Crippen LogP contribution in [0.2, 0.25) is 5.02 Å². The highest BCUT2D eigenvalue weighted by Crippen LogP contribution is 2.45. The third-order valence-corrected chi connectivity index (χ3v) is 9.02. The van der Waals surface area contributed by atoms with Gasteiger partial charge in [0.25, 0.3) is 0 Å². The van der Waals surface area contributed by atoms with Crippen LogP contribution >= 0.6 is 11.6 Å². The molecule has 0 radical (unpaired) electrons. The Morgan fingerprint density at radius 3 is 2.43 bits per heavy atom. The molecule has 11 heteroatoms. The Morgan fingerprint density at radius 1 is 1.08 bits per heavy atom. The molecule has 0 bridgehead atoms. The fourth-order valence-electron chi connectivity index (χ4n) is 4.31. The number of hydrogen-bond donors (Lipinski definition) is 1. The van der Waals surface area contributed by atoms with Gasteiger partial charge in [0.2, 0.25) is 15.8 Å². The van der Waals surface area contributed by atoms with Crippen molar-refractivity contribution in [2.24, 2.45) is 5.41 Å². The Kier molecular flexibility index (Phi) is 6.91. The van der Waals surface area contributed by atoms with Crippen LogP contribution in [-0.2, 0) is 15.8 Å². The van der Waals surface area contributed by atoms with Crippen LogP contribution in [0.3, 0.4) is 0 Å². The summed E-state index contributed by atoms with van der Waals surface area (Å²) in [6.07, 6.45) is 3.73. The van der Waals surface area contributed by atoms with Crippen molar-refractivity contribution in [2.75, 3.05) is 43.4 Å². The van der Waals surface area contributed by atoms with Crippen LogP contribution in [0.15, 0.2) is 59.5 Å². The average molecular weight is 544 g/mol. The molecule has 1 saturated carbocycles. The number of sulfonamides is 1. The zero-order valence-electron chi connectivity index (χ0n) is 20.6. The number of benzene rings is 2. The van der Waals surface area contributed by atoms with Gasteiger partial charge in [-0.2, -0.15) is 14.1 Å². The number of aromatic nitrogens is 2. The third kappa shape index (κ3) is 5.76. The van der Waals surface area contributed by atoms with Gasteiger partial charge in [-0.15, -0.1) is 0 Å². The van der Waals surface area contributed by atoms with Crippen LogP contribution in [0.1, 0.15) is 25.3 Å². The highest BCUT2D eigenvalue weighted by atomic mass is 35.5. The number of hydrogen-bond acceptors (Lipinski definition) is 7. The summed E-state index contributed by atoms with van der Waals surface area (Å²) in [4.78, 5) is 15.5. The van der Waals surface area contributed by atoms with E-state index in [2.05, 4.69) is 12.0 Å². The molecule has 2 heterocycles. The highest BCUT2D eigenvalue weighted by molar-refractivity contribution is 7.88. The van der Waals surface area contributed by atoms with E-state index < -0.39 is 10.0 Å². The topological polar surface area (TPSA) is 111 Å². The lowest BCUT2D eigenvalue weighted by Crippen LogP contribution is -2.49. The van der Waals surface area contributed by atoms with Gasteiger partial charge in [-0.25, -0.2) is 8.42 Å². The van der Waals surface area contributed by atoms with Gasteiger partial charge in [0.1, 0.15) is 5.69 Å². The Morgan fingerprint density at radius 2 is 1.78 bits per heavy atom. The number of halogens is 1. The molecule has 0 amide bonds. The lowest BCUT2D eigenvalue weighted by Gasteiger charge is -2.35. The Bertz CT molecular complexity index is 1450. The van der Waals surface area contributed by atoms with E-state index in [0.29, 0.717) is 60.4 Å². The molecule has 196 valence electrons. The summed E-state index contributed by atoms with van der Waals surface area (Å²) in [5.74, 6) is 0.138. The zero-order chi connectivity index (χ0) is 26.2. The van der Waals surface area contributed by atoms with Crippen LogP contribution in [0, 0.1) is 5.41 Å². The molecule has 1 aliphatic heterocycles. The number of nitrogen functional groups attached to an aromatic ring is 1. The van der Waals surface area contributed by atoms with Crippen molar-refractivity contribution in [2.45, 2.75) is 25.5 Å². The molecule has 2 N–H and O–H groups in total. The van der Waals surface area contributed by atoms with Crippen molar-refractivity contribution in [3.63, 3.8) is 0 Å². The summed E-state index contributed by atoms with van der Waals surface area (Å²) in [7, 11) is -3.50. The molecule has 2 aromatic carbocycles. The lowest BCUT2D eigenvalue weighted by atomic mass is 10.2. The van der Waals surface area contributed by atoms with Crippen molar-refractivity contribution >= 4 is 33.0 Å². The predicted molar refractivity (Wildman–Crippen MR) is 145 cm³/mol. The van der Waals surface area contributed by atoms with Crippen LogP contribution < -0.4 is 20.9 Å². The molecule has 0 spiro atoms. The molecule has 0 unspecified atom stereocenters. The van der Waals surface area contributed by atoms with Crippen LogP contribution in [0.25, 0.3) is 5.69 Å². The second-order valence-electron chi connectivity index (χ2n) is 10.0. The van der Waals surface area contributed by atoms with E-state index in [4.69, 9.17) is 22.1 Å². The minimum Gasteiger partial charge on any atom is -0.486 e. The largest absolute Gasteiger partial charge is 0.486 e. The first kappa shape index (κ1) is 25.6. The summed E-state index contributed by atoms with van der Waals surface area (Å²) in [5, 5.41) is 4.90. The molecule has 0 atom stereocenters. The van der Waals surface area contributed by atoms with Gasteiger partial charge in [0.05, 0.1) is 24.2 Å². The number of rotatable bonds is 8. The molecule has 3 aromatic rings. The molecule has 37 heavy (non-hydrogen) atoms. The van der Waals surface area contributed by atoms with Crippen molar-refractivity contribution in [3.8, 4) is 11.4 Å². The molecular weight excluding hydrogens is 514 g/mol. The summed E-state index contributed by atoms with van der Waals surface area (Å²) in [5.41, 5.74) is 7.81. The fraction of sp³-hybridized carbons (Fsp3) is 0.385. The summed E-state index contributed by atoms with van der Waals surface area (Å²) >= 11 is 6.14. The van der Waals surface area contributed by atoms with Gasteiger partial charge in [-0.05, 0) is 48.7 Å². The number of nitrogens with zero attached hydrogens (tertiary/aromatic N) is 4. The molecule has 2 fully saturated rings. The summed E-state index contributed by atoms with van der Waals surface area (Å²) < 4.78 is 35.0. The van der Waals surface area contributed by atoms with Crippen molar-refractivity contribution in [1.29, 1.82) is 0 Å². The maximum atomic E-state index is 13.5. The number of ether oxygens (including phenoxy) is 1. The van der Waals surface area contributed by atoms with E-state index in [-0.39, 0.29) is 22.5 Å². The average Bonchev–Trinajstić information content (AvgIpc) is 3.61. The fourth-order valence-corrected chi connectivity index (χ4v) is 6.01. The molecule has 1 aliphatic carbocycles. The van der Waals surface area contributed by atoms with Gasteiger partial charge in [-0.1, -0.05) is 36.7 Å². The second kappa shape index (κ2) is 10.00. The standard InChI is InChI=1S/C26H30ClN5O4S/c1-26(9-10-26)18-36-24-23(16-29-32(25(24)33)22-4-2-3-20(27)15-22)30-11-13-31(14-12-30)37(34,35)17-19-5-7-21(28)8-6-19/h2-8,15-16H,9-14,17-18,28H2,1H3. The van der Waals surface area contributed by atoms with Gasteiger partial charge >= 0.3 is 5.56 Å². The Balaban J connectivity index is 1.36. The van der Waals surface area contributed by atoms with Crippen LogP contribution in [-0.4, -0.2) is 55.3 Å². The molecule has 5 rings (SSSR count). The minimum atomic E-state index is -3.50. The number of piperazine rings is 1. The minimum absolute atomic E-state index is 0.0722. The summed E-state index contributed by atoms with van der Waals surface area (Å²) in [6.45, 7) is 3.99. The molecular formula is C26H30ClN5O4S. The first-order valence-corrected chi connectivity index (χ1v) is 14.2. The normalized spacial score (nSPS) is 17.5. The third-order valence-electron chi connectivity index (χ3n) is 6.94. The van der Waals surface area contributed by atoms with Gasteiger partial charge in [0, 0.05) is 42.3 Å². The van der Waals surface area contributed by atoms with Gasteiger partial charge in [0.15, 0.2) is 0 Å². The first-order chi connectivity index (χ1) is 17.6. The maximum absolute atomic E-state index is 13.5. The predicted octanol–water partition coefficient (Wildman–Crippen LogP) is 3.30. The van der Waals surface area contributed by atoms with E-state index in [1.165, 1.54) is 8.99 Å². The molecule has 1 saturated heterocycles. The quantitative estimate of drug-likeness (QED) is 0.434. The van der Waals surface area contributed by atoms with E-state index in [1.807, 2.05) is 4.90 Å². The van der Waals surface area contributed by atoms with Crippen molar-refractivity contribution < 1.29 is 13.2 Å². The van der Waals surface area contributed by atoms with E-state index in [0.717, 1.165) is 12.8 Å². The molecule has 2 aliphatic rings. The monoisotopic (exact) mass is 543 g/mol. The van der Waals surface area contributed by atoms with Crippen LogP contribution in [0.5, 0.6) is 5.75 Å². The van der Waals surface area contributed by atoms with Gasteiger partial charge in [-0.3, -0.25) is 4.79 Å². The second-order valence-corrected chi connectivity index (χ2v) is 12.4. The summed E-state index contributed by atoms with van der Waals surface area (Å²) in [6, 6.07) is 13.8. The molecule has 1 aromatic heterocycles. The first-order valence-electron chi connectivity index (χ1n) is 12.2. The van der Waals surface area contributed by atoms with E-state index in [9.17, 15) is 13.2 Å². The number of nitrogens with two attached hydrogens (primary N) is 1. The highest BCUT2D eigenvalue weighted by Gasteiger charge is 2.39. The van der Waals surface area contributed by atoms with Crippen molar-refractivity contribution in [3.05, 3.63) is 75.7 Å². The maximum Gasteiger partial charge on any atom is 0.316 e. The Hall–Kier alpha value is -3.08. The lowest BCUT2D eigenvalue weighted by molar-refractivity contribution is 0.242. The van der Waals surface area contributed by atoms with Gasteiger partial charge < -0.3 is 15.4 Å². The van der Waals surface area contributed by atoms with E-state index in [1.54, 1.807) is 54.7 Å². The smallest absolute Gasteiger partial charge is 0.316 e.